The van der Waals surface area contributed by atoms with Crippen LogP contribution in [0.4, 0.5) is 0 Å². The normalized spacial score (nSPS) is 12.5. The Bertz CT molecular complexity index is 412. The molecule has 0 saturated carbocycles. The highest BCUT2D eigenvalue weighted by molar-refractivity contribution is 7.89. The van der Waals surface area contributed by atoms with Gasteiger partial charge in [0, 0.05) is 18.8 Å². The molecule has 0 bridgehead atoms. The van der Waals surface area contributed by atoms with E-state index in [0.29, 0.717) is 12.8 Å². The van der Waals surface area contributed by atoms with Crippen LogP contribution in [0, 0.1) is 0 Å². The van der Waals surface area contributed by atoms with E-state index in [1.54, 1.807) is 0 Å². The fourth-order valence-electron chi connectivity index (χ4n) is 1.81. The molecule has 2 N–H and O–H groups in total. The molecule has 0 spiro atoms. The molecular formula is C10H19N3O3S. The van der Waals surface area contributed by atoms with Crippen LogP contribution in [-0.4, -0.2) is 47.2 Å². The molecule has 1 aromatic rings. The number of rotatable bonds is 7. The Morgan fingerprint density at radius 2 is 2.12 bits per heavy atom. The quantitative estimate of drug-likeness (QED) is 0.751. The Kier molecular flexibility index (Phi) is 5.10. The van der Waals surface area contributed by atoms with Crippen molar-refractivity contribution in [3.63, 3.8) is 0 Å². The van der Waals surface area contributed by atoms with Gasteiger partial charge in [-0.1, -0.05) is 13.8 Å². The highest BCUT2D eigenvalue weighted by atomic mass is 32.2. The molecule has 0 amide bonds. The number of hydrogen-bond acceptors (Lipinski definition) is 4. The lowest BCUT2D eigenvalue weighted by atomic mass is 10.2. The topological polar surface area (TPSA) is 86.3 Å². The lowest BCUT2D eigenvalue weighted by Gasteiger charge is -2.28. The van der Waals surface area contributed by atoms with E-state index >= 15 is 0 Å². The number of aliphatic hydroxyl groups is 1. The van der Waals surface area contributed by atoms with Gasteiger partial charge in [-0.3, -0.25) is 5.10 Å². The summed E-state index contributed by atoms with van der Waals surface area (Å²) >= 11 is 0. The Morgan fingerprint density at radius 1 is 1.47 bits per heavy atom. The molecule has 0 aliphatic carbocycles. The van der Waals surface area contributed by atoms with Crippen molar-refractivity contribution in [2.45, 2.75) is 37.6 Å². The Morgan fingerprint density at radius 3 is 2.53 bits per heavy atom. The molecule has 0 atom stereocenters. The maximum Gasteiger partial charge on any atom is 0.246 e. The van der Waals surface area contributed by atoms with Crippen LogP contribution in [0.2, 0.25) is 0 Å². The number of aliphatic hydroxyl groups excluding tert-OH is 1. The van der Waals surface area contributed by atoms with Gasteiger partial charge in [-0.15, -0.1) is 0 Å². The monoisotopic (exact) mass is 261 g/mol. The SMILES string of the molecule is CCC(CC)N(CCO)S(=O)(=O)c1cn[nH]c1. The molecule has 7 heteroatoms. The van der Waals surface area contributed by atoms with Crippen LogP contribution in [0.15, 0.2) is 17.3 Å². The van der Waals surface area contributed by atoms with Crippen LogP contribution in [0.1, 0.15) is 26.7 Å². The second-order valence-corrected chi connectivity index (χ2v) is 5.63. The van der Waals surface area contributed by atoms with Gasteiger partial charge in [-0.2, -0.15) is 9.40 Å². The molecule has 1 aromatic heterocycles. The number of aromatic nitrogens is 2. The van der Waals surface area contributed by atoms with E-state index in [9.17, 15) is 8.42 Å². The fraction of sp³-hybridized carbons (Fsp3) is 0.700. The van der Waals surface area contributed by atoms with Crippen LogP contribution in [0.5, 0.6) is 0 Å². The van der Waals surface area contributed by atoms with Gasteiger partial charge in [0.15, 0.2) is 0 Å². The Labute approximate surface area is 102 Å². The van der Waals surface area contributed by atoms with E-state index < -0.39 is 10.0 Å². The summed E-state index contributed by atoms with van der Waals surface area (Å²) in [5, 5.41) is 15.1. The molecule has 0 aliphatic heterocycles. The van der Waals surface area contributed by atoms with Gasteiger partial charge in [-0.25, -0.2) is 8.42 Å². The summed E-state index contributed by atoms with van der Waals surface area (Å²) < 4.78 is 25.9. The summed E-state index contributed by atoms with van der Waals surface area (Å²) in [7, 11) is -3.56. The summed E-state index contributed by atoms with van der Waals surface area (Å²) in [5.74, 6) is 0. The summed E-state index contributed by atoms with van der Waals surface area (Å²) in [6.07, 6.45) is 4.06. The van der Waals surface area contributed by atoms with Gasteiger partial charge in [-0.05, 0) is 12.8 Å². The minimum absolute atomic E-state index is 0.0953. The van der Waals surface area contributed by atoms with Crippen LogP contribution >= 0.6 is 0 Å². The van der Waals surface area contributed by atoms with Crippen molar-refractivity contribution in [2.24, 2.45) is 0 Å². The molecule has 0 aliphatic rings. The van der Waals surface area contributed by atoms with Crippen molar-refractivity contribution in [3.8, 4) is 0 Å². The van der Waals surface area contributed by atoms with E-state index in [1.165, 1.54) is 16.7 Å². The smallest absolute Gasteiger partial charge is 0.246 e. The minimum atomic E-state index is -3.56. The van der Waals surface area contributed by atoms with Crippen molar-refractivity contribution in [3.05, 3.63) is 12.4 Å². The molecule has 0 fully saturated rings. The summed E-state index contributed by atoms with van der Waals surface area (Å²) in [4.78, 5) is 0.137. The zero-order valence-corrected chi connectivity index (χ0v) is 10.9. The molecule has 17 heavy (non-hydrogen) atoms. The van der Waals surface area contributed by atoms with E-state index in [2.05, 4.69) is 10.2 Å². The first-order valence-corrected chi connectivity index (χ1v) is 7.13. The molecule has 1 rings (SSSR count). The molecule has 0 saturated heterocycles. The van der Waals surface area contributed by atoms with Crippen LogP contribution in [-0.2, 0) is 10.0 Å². The van der Waals surface area contributed by atoms with E-state index in [4.69, 9.17) is 5.11 Å². The van der Waals surface area contributed by atoms with Crippen LogP contribution < -0.4 is 0 Å². The first-order chi connectivity index (χ1) is 8.07. The second-order valence-electron chi connectivity index (χ2n) is 3.74. The molecule has 1 heterocycles. The maximum absolute atomic E-state index is 12.3. The van der Waals surface area contributed by atoms with Crippen molar-refractivity contribution in [1.29, 1.82) is 0 Å². The molecule has 0 unspecified atom stereocenters. The molecule has 6 nitrogen and oxygen atoms in total. The summed E-state index contributed by atoms with van der Waals surface area (Å²) in [6, 6.07) is -0.0953. The van der Waals surface area contributed by atoms with Gasteiger partial charge >= 0.3 is 0 Å². The predicted octanol–water partition coefficient (Wildman–Crippen LogP) is 0.581. The van der Waals surface area contributed by atoms with Gasteiger partial charge in [0.2, 0.25) is 10.0 Å². The third-order valence-electron chi connectivity index (χ3n) is 2.75. The van der Waals surface area contributed by atoms with Gasteiger partial charge in [0.05, 0.1) is 12.8 Å². The van der Waals surface area contributed by atoms with E-state index in [-0.39, 0.29) is 24.1 Å². The second kappa shape index (κ2) is 6.13. The van der Waals surface area contributed by atoms with Gasteiger partial charge in [0.25, 0.3) is 0 Å². The number of aromatic amines is 1. The number of nitrogens with one attached hydrogen (secondary N) is 1. The molecule has 98 valence electrons. The fourth-order valence-corrected chi connectivity index (χ4v) is 3.48. The number of sulfonamides is 1. The average molecular weight is 261 g/mol. The summed E-state index contributed by atoms with van der Waals surface area (Å²) in [5.41, 5.74) is 0. The van der Waals surface area contributed by atoms with Crippen molar-refractivity contribution >= 4 is 10.0 Å². The van der Waals surface area contributed by atoms with Crippen molar-refractivity contribution in [1.82, 2.24) is 14.5 Å². The van der Waals surface area contributed by atoms with Gasteiger partial charge < -0.3 is 5.11 Å². The highest BCUT2D eigenvalue weighted by Gasteiger charge is 2.29. The summed E-state index contributed by atoms with van der Waals surface area (Å²) in [6.45, 7) is 3.79. The molecule has 0 radical (unpaired) electrons. The van der Waals surface area contributed by atoms with Crippen molar-refractivity contribution < 1.29 is 13.5 Å². The number of H-pyrrole nitrogens is 1. The Balaban J connectivity index is 3.06. The lowest BCUT2D eigenvalue weighted by molar-refractivity contribution is 0.219. The zero-order chi connectivity index (χ0) is 12.9. The molecular weight excluding hydrogens is 242 g/mol. The van der Waals surface area contributed by atoms with E-state index in [0.717, 1.165) is 0 Å². The number of nitrogens with zero attached hydrogens (tertiary/aromatic N) is 2. The highest BCUT2D eigenvalue weighted by Crippen LogP contribution is 2.19. The first-order valence-electron chi connectivity index (χ1n) is 5.69. The van der Waals surface area contributed by atoms with Crippen LogP contribution in [0.25, 0.3) is 0 Å². The minimum Gasteiger partial charge on any atom is -0.395 e. The predicted molar refractivity (Wildman–Crippen MR) is 63.9 cm³/mol. The first kappa shape index (κ1) is 14.1. The zero-order valence-electron chi connectivity index (χ0n) is 10.1. The standard InChI is InChI=1S/C10H19N3O3S/c1-3-9(4-2)13(5-6-14)17(15,16)10-7-11-12-8-10/h7-9,14H,3-6H2,1-2H3,(H,11,12). The third-order valence-corrected chi connectivity index (χ3v) is 4.67. The average Bonchev–Trinajstić information content (AvgIpc) is 2.83. The molecule has 0 aromatic carbocycles. The van der Waals surface area contributed by atoms with Gasteiger partial charge in [0.1, 0.15) is 4.90 Å². The van der Waals surface area contributed by atoms with E-state index in [1.807, 2.05) is 13.8 Å². The van der Waals surface area contributed by atoms with Crippen LogP contribution in [0.3, 0.4) is 0 Å². The Hall–Kier alpha value is -0.920. The van der Waals surface area contributed by atoms with Crippen molar-refractivity contribution in [2.75, 3.05) is 13.2 Å². The third kappa shape index (κ3) is 3.05. The number of hydrogen-bond donors (Lipinski definition) is 2. The lowest BCUT2D eigenvalue weighted by Crippen LogP contribution is -2.41. The maximum atomic E-state index is 12.3. The largest absolute Gasteiger partial charge is 0.395 e.